The van der Waals surface area contributed by atoms with Crippen LogP contribution in [0.15, 0.2) is 42.1 Å². The van der Waals surface area contributed by atoms with Gasteiger partial charge in [-0.05, 0) is 44.0 Å². The largest absolute Gasteiger partial charge is 0.324 e. The summed E-state index contributed by atoms with van der Waals surface area (Å²) in [6, 6.07) is 5.82. The highest BCUT2D eigenvalue weighted by Gasteiger charge is 2.07. The molecule has 112 valence electrons. The molecule has 1 aromatic carbocycles. The van der Waals surface area contributed by atoms with Gasteiger partial charge in [-0.15, -0.1) is 0 Å². The van der Waals surface area contributed by atoms with Gasteiger partial charge >= 0.3 is 0 Å². The molecule has 0 aliphatic rings. The van der Waals surface area contributed by atoms with Crippen LogP contribution >= 0.6 is 0 Å². The Labute approximate surface area is 125 Å². The maximum absolute atomic E-state index is 12.1. The van der Waals surface area contributed by atoms with E-state index in [4.69, 9.17) is 0 Å². The molecule has 1 rings (SSSR count). The Hall–Kier alpha value is -2.56. The zero-order valence-electron chi connectivity index (χ0n) is 12.8. The average Bonchev–Trinajstić information content (AvgIpc) is 2.47. The summed E-state index contributed by atoms with van der Waals surface area (Å²) < 4.78 is 0. The van der Waals surface area contributed by atoms with E-state index in [9.17, 15) is 9.59 Å². The molecular formula is C16H21N3O2. The molecule has 0 bridgehead atoms. The van der Waals surface area contributed by atoms with Crippen molar-refractivity contribution in [2.45, 2.75) is 20.8 Å². The third kappa shape index (κ3) is 5.14. The maximum Gasteiger partial charge on any atom is 0.271 e. The van der Waals surface area contributed by atoms with Crippen LogP contribution in [0.2, 0.25) is 0 Å². The molecule has 0 spiro atoms. The van der Waals surface area contributed by atoms with Crippen LogP contribution in [-0.4, -0.2) is 24.3 Å². The summed E-state index contributed by atoms with van der Waals surface area (Å²) in [6.45, 7) is 5.84. The molecule has 0 saturated heterocycles. The number of hydrogen-bond acceptors (Lipinski definition) is 3. The topological polar surface area (TPSA) is 61.4 Å². The number of carbonyl (C=O) groups is 2. The highest BCUT2D eigenvalue weighted by atomic mass is 16.2. The van der Waals surface area contributed by atoms with Crippen molar-refractivity contribution in [1.82, 2.24) is 10.3 Å². The van der Waals surface area contributed by atoms with Crippen molar-refractivity contribution < 1.29 is 9.59 Å². The summed E-state index contributed by atoms with van der Waals surface area (Å²) in [5.74, 6) is -0.319. The van der Waals surface area contributed by atoms with E-state index in [1.54, 1.807) is 26.1 Å². The van der Waals surface area contributed by atoms with Gasteiger partial charge in [-0.2, -0.15) is 0 Å². The number of hydrogen-bond donors (Lipinski definition) is 2. The summed E-state index contributed by atoms with van der Waals surface area (Å²) in [7, 11) is 1.57. The molecule has 0 atom stereocenters. The van der Waals surface area contributed by atoms with Gasteiger partial charge in [-0.25, -0.2) is 0 Å². The quantitative estimate of drug-likeness (QED) is 0.365. The van der Waals surface area contributed by atoms with E-state index in [0.29, 0.717) is 12.0 Å². The number of allylic oxidation sites excluding steroid dienone is 1. The zero-order valence-corrected chi connectivity index (χ0v) is 12.8. The van der Waals surface area contributed by atoms with Gasteiger partial charge in [0.25, 0.3) is 5.91 Å². The number of carbonyl (C=O) groups excluding carboxylic acids is 2. The lowest BCUT2D eigenvalue weighted by atomic mass is 10.1. The first-order valence-electron chi connectivity index (χ1n) is 6.63. The number of aryl methyl sites for hydroxylation is 2. The standard InChI is InChI=1S/C16H21N3O2/c1-5-6-14(10-19(4)11-20)16(21)18-17-15-8-7-12(2)13(3)9-15/h5-11,17H,1-4H3,(H,18,21)/b6-5-,14-10+. The molecule has 0 radical (unpaired) electrons. The number of nitrogens with zero attached hydrogens (tertiary/aromatic N) is 1. The fourth-order valence-electron chi connectivity index (χ4n) is 1.63. The van der Waals surface area contributed by atoms with Crippen LogP contribution in [0.25, 0.3) is 0 Å². The molecule has 0 aromatic heterocycles. The van der Waals surface area contributed by atoms with Gasteiger partial charge in [-0.1, -0.05) is 18.2 Å². The van der Waals surface area contributed by atoms with Crippen molar-refractivity contribution >= 4 is 18.0 Å². The van der Waals surface area contributed by atoms with Gasteiger partial charge in [0.15, 0.2) is 0 Å². The fraction of sp³-hybridized carbons (Fsp3) is 0.250. The fourth-order valence-corrected chi connectivity index (χ4v) is 1.63. The molecule has 2 amide bonds. The Balaban J connectivity index is 2.76. The number of benzene rings is 1. The molecule has 1 aromatic rings. The van der Waals surface area contributed by atoms with Crippen molar-refractivity contribution in [2.24, 2.45) is 0 Å². The van der Waals surface area contributed by atoms with Gasteiger partial charge in [0, 0.05) is 13.2 Å². The van der Waals surface area contributed by atoms with E-state index in [1.165, 1.54) is 16.7 Å². The van der Waals surface area contributed by atoms with Crippen LogP contribution in [0.5, 0.6) is 0 Å². The van der Waals surface area contributed by atoms with Crippen LogP contribution in [0.1, 0.15) is 18.1 Å². The predicted octanol–water partition coefficient (Wildman–Crippen LogP) is 2.29. The number of amides is 2. The smallest absolute Gasteiger partial charge is 0.271 e. The second-order valence-corrected chi connectivity index (χ2v) is 4.73. The average molecular weight is 287 g/mol. The predicted molar refractivity (Wildman–Crippen MR) is 84.4 cm³/mol. The van der Waals surface area contributed by atoms with Crippen molar-refractivity contribution in [1.29, 1.82) is 0 Å². The summed E-state index contributed by atoms with van der Waals surface area (Å²) in [6.07, 6.45) is 5.47. The minimum atomic E-state index is -0.319. The first-order valence-corrected chi connectivity index (χ1v) is 6.63. The van der Waals surface area contributed by atoms with Gasteiger partial charge in [-0.3, -0.25) is 20.4 Å². The second-order valence-electron chi connectivity index (χ2n) is 4.73. The van der Waals surface area contributed by atoms with E-state index >= 15 is 0 Å². The van der Waals surface area contributed by atoms with Crippen LogP contribution in [-0.2, 0) is 9.59 Å². The van der Waals surface area contributed by atoms with Gasteiger partial charge in [0.2, 0.25) is 6.41 Å². The van der Waals surface area contributed by atoms with E-state index in [2.05, 4.69) is 10.9 Å². The molecule has 0 saturated carbocycles. The molecule has 5 heteroatoms. The van der Waals surface area contributed by atoms with Gasteiger partial charge in [0.05, 0.1) is 11.3 Å². The van der Waals surface area contributed by atoms with Crippen molar-refractivity contribution in [3.05, 3.63) is 53.3 Å². The minimum Gasteiger partial charge on any atom is -0.324 e. The Bertz CT molecular complexity index is 577. The van der Waals surface area contributed by atoms with Gasteiger partial charge in [0.1, 0.15) is 0 Å². The van der Waals surface area contributed by atoms with Crippen molar-refractivity contribution in [3.8, 4) is 0 Å². The molecule has 5 nitrogen and oxygen atoms in total. The van der Waals surface area contributed by atoms with E-state index in [1.807, 2.05) is 32.0 Å². The first-order chi connectivity index (χ1) is 9.97. The van der Waals surface area contributed by atoms with Crippen molar-refractivity contribution in [3.63, 3.8) is 0 Å². The van der Waals surface area contributed by atoms with Crippen LogP contribution in [0, 0.1) is 13.8 Å². The summed E-state index contributed by atoms with van der Waals surface area (Å²) in [5.41, 5.74) is 8.98. The molecule has 0 aliphatic heterocycles. The molecule has 2 N–H and O–H groups in total. The number of anilines is 1. The molecule has 21 heavy (non-hydrogen) atoms. The molecule has 0 heterocycles. The summed E-state index contributed by atoms with van der Waals surface area (Å²) >= 11 is 0. The van der Waals surface area contributed by atoms with E-state index in [0.717, 1.165) is 11.3 Å². The Morgan fingerprint density at radius 3 is 2.52 bits per heavy atom. The van der Waals surface area contributed by atoms with Crippen LogP contribution < -0.4 is 10.9 Å². The monoisotopic (exact) mass is 287 g/mol. The first kappa shape index (κ1) is 16.5. The lowest BCUT2D eigenvalue weighted by Crippen LogP contribution is -2.31. The van der Waals surface area contributed by atoms with Crippen LogP contribution in [0.3, 0.4) is 0 Å². The third-order valence-electron chi connectivity index (χ3n) is 2.94. The Kier molecular flexibility index (Phi) is 6.20. The third-order valence-corrected chi connectivity index (χ3v) is 2.94. The van der Waals surface area contributed by atoms with Crippen LogP contribution in [0.4, 0.5) is 5.69 Å². The second kappa shape index (κ2) is 7.89. The highest BCUT2D eigenvalue weighted by Crippen LogP contribution is 2.13. The number of nitrogens with one attached hydrogen (secondary N) is 2. The SMILES string of the molecule is C/C=C\C(=C/N(C)C=O)C(=O)NNc1ccc(C)c(C)c1. The summed E-state index contributed by atoms with van der Waals surface area (Å²) in [5, 5.41) is 0. The van der Waals surface area contributed by atoms with Gasteiger partial charge < -0.3 is 4.90 Å². The number of hydrazine groups is 1. The zero-order chi connectivity index (χ0) is 15.8. The Morgan fingerprint density at radius 1 is 1.24 bits per heavy atom. The lowest BCUT2D eigenvalue weighted by molar-refractivity contribution is -0.116. The normalized spacial score (nSPS) is 11.3. The summed E-state index contributed by atoms with van der Waals surface area (Å²) in [4.78, 5) is 24.0. The molecule has 0 unspecified atom stereocenters. The highest BCUT2D eigenvalue weighted by molar-refractivity contribution is 5.96. The maximum atomic E-state index is 12.1. The molecular weight excluding hydrogens is 266 g/mol. The van der Waals surface area contributed by atoms with Crippen molar-refractivity contribution in [2.75, 3.05) is 12.5 Å². The van der Waals surface area contributed by atoms with E-state index < -0.39 is 0 Å². The Morgan fingerprint density at radius 2 is 1.95 bits per heavy atom. The molecule has 0 aliphatic carbocycles. The van der Waals surface area contributed by atoms with E-state index in [-0.39, 0.29) is 5.91 Å². The number of rotatable bonds is 6. The minimum absolute atomic E-state index is 0.319. The molecule has 0 fully saturated rings. The lowest BCUT2D eigenvalue weighted by Gasteiger charge is -2.12.